The Bertz CT molecular complexity index is 1280. The Morgan fingerprint density at radius 1 is 1.00 bits per heavy atom. The lowest BCUT2D eigenvalue weighted by atomic mass is 9.86. The molecule has 0 aromatic heterocycles. The third-order valence-electron chi connectivity index (χ3n) is 6.67. The highest BCUT2D eigenvalue weighted by Crippen LogP contribution is 2.43. The van der Waals surface area contributed by atoms with Gasteiger partial charge in [-0.3, -0.25) is 4.90 Å². The van der Waals surface area contributed by atoms with Crippen molar-refractivity contribution in [3.8, 4) is 17.2 Å². The Labute approximate surface area is 217 Å². The highest BCUT2D eigenvalue weighted by Gasteiger charge is 2.25. The van der Waals surface area contributed by atoms with Crippen molar-refractivity contribution in [2.45, 2.75) is 39.2 Å². The molecular weight excluding hydrogens is 470 g/mol. The molecule has 8 nitrogen and oxygen atoms in total. The molecule has 1 unspecified atom stereocenters. The van der Waals surface area contributed by atoms with Crippen LogP contribution >= 0.6 is 0 Å². The van der Waals surface area contributed by atoms with Crippen molar-refractivity contribution in [3.05, 3.63) is 54.1 Å². The van der Waals surface area contributed by atoms with Gasteiger partial charge in [-0.25, -0.2) is 4.79 Å². The number of carbonyl (C=O) groups is 1. The van der Waals surface area contributed by atoms with Gasteiger partial charge in [-0.1, -0.05) is 45.0 Å². The summed E-state index contributed by atoms with van der Waals surface area (Å²) in [5.41, 5.74) is 2.21. The van der Waals surface area contributed by atoms with E-state index in [9.17, 15) is 4.79 Å². The zero-order valence-corrected chi connectivity index (χ0v) is 21.9. The monoisotopic (exact) mass is 505 g/mol. The van der Waals surface area contributed by atoms with Gasteiger partial charge in [0.15, 0.2) is 11.5 Å². The first-order chi connectivity index (χ1) is 17.8. The van der Waals surface area contributed by atoms with E-state index in [4.69, 9.17) is 18.9 Å². The fourth-order valence-corrected chi connectivity index (χ4v) is 4.70. The summed E-state index contributed by atoms with van der Waals surface area (Å²) in [6.45, 7) is 12.8. The first-order valence-electron chi connectivity index (χ1n) is 12.8. The van der Waals surface area contributed by atoms with E-state index in [1.54, 1.807) is 0 Å². The van der Waals surface area contributed by atoms with Gasteiger partial charge in [-0.15, -0.1) is 0 Å². The highest BCUT2D eigenvalue weighted by molar-refractivity contribution is 6.08. The number of fused-ring (bicyclic) bond motifs is 2. The molecule has 37 heavy (non-hydrogen) atoms. The third kappa shape index (κ3) is 5.76. The van der Waals surface area contributed by atoms with E-state index in [0.717, 1.165) is 54.9 Å². The van der Waals surface area contributed by atoms with Crippen molar-refractivity contribution in [3.63, 3.8) is 0 Å². The normalized spacial score (nSPS) is 16.4. The van der Waals surface area contributed by atoms with E-state index in [1.807, 2.05) is 48.5 Å². The Hall–Kier alpha value is -3.49. The fraction of sp³-hybridized carbons (Fsp3) is 0.414. The van der Waals surface area contributed by atoms with Crippen LogP contribution in [-0.2, 0) is 10.2 Å². The highest BCUT2D eigenvalue weighted by atomic mass is 16.7. The lowest BCUT2D eigenvalue weighted by Gasteiger charge is -2.29. The molecule has 2 aliphatic rings. The average molecular weight is 506 g/mol. The summed E-state index contributed by atoms with van der Waals surface area (Å²) in [4.78, 5) is 15.5. The number of nitrogens with zero attached hydrogens (tertiary/aromatic N) is 1. The van der Waals surface area contributed by atoms with Crippen molar-refractivity contribution in [1.82, 2.24) is 4.90 Å². The van der Waals surface area contributed by atoms with E-state index >= 15 is 0 Å². The molecule has 0 aliphatic carbocycles. The Morgan fingerprint density at radius 3 is 2.49 bits per heavy atom. The molecule has 0 saturated carbocycles. The number of morpholine rings is 1. The van der Waals surface area contributed by atoms with Crippen LogP contribution in [0.3, 0.4) is 0 Å². The number of hydrogen-bond acceptors (Lipinski definition) is 6. The van der Waals surface area contributed by atoms with Gasteiger partial charge in [-0.2, -0.15) is 0 Å². The number of hydrogen-bond donors (Lipinski definition) is 2. The predicted octanol–water partition coefficient (Wildman–Crippen LogP) is 5.61. The molecule has 2 heterocycles. The fourth-order valence-electron chi connectivity index (χ4n) is 4.70. The molecule has 8 heteroatoms. The van der Waals surface area contributed by atoms with Gasteiger partial charge in [0.2, 0.25) is 6.79 Å². The van der Waals surface area contributed by atoms with Gasteiger partial charge in [0.1, 0.15) is 11.9 Å². The number of nitrogens with one attached hydrogen (secondary N) is 2. The second kappa shape index (κ2) is 10.5. The summed E-state index contributed by atoms with van der Waals surface area (Å²) >= 11 is 0. The molecule has 1 atom stereocenters. The van der Waals surface area contributed by atoms with Crippen molar-refractivity contribution in [2.24, 2.45) is 0 Å². The van der Waals surface area contributed by atoms with Crippen LogP contribution in [0.25, 0.3) is 10.8 Å². The molecule has 2 amide bonds. The molecule has 1 saturated heterocycles. The quantitative estimate of drug-likeness (QED) is 0.453. The minimum Gasteiger partial charge on any atom is -0.489 e. The zero-order valence-electron chi connectivity index (χ0n) is 21.9. The van der Waals surface area contributed by atoms with Gasteiger partial charge >= 0.3 is 6.03 Å². The van der Waals surface area contributed by atoms with E-state index in [-0.39, 0.29) is 24.3 Å². The number of rotatable bonds is 6. The molecule has 2 aliphatic heterocycles. The minimum atomic E-state index is -0.358. The molecule has 0 bridgehead atoms. The summed E-state index contributed by atoms with van der Waals surface area (Å²) in [6, 6.07) is 15.3. The van der Waals surface area contributed by atoms with Crippen LogP contribution in [0.4, 0.5) is 16.2 Å². The maximum Gasteiger partial charge on any atom is 0.323 e. The summed E-state index contributed by atoms with van der Waals surface area (Å²) < 4.78 is 23.0. The van der Waals surface area contributed by atoms with Crippen molar-refractivity contribution in [1.29, 1.82) is 0 Å². The third-order valence-corrected chi connectivity index (χ3v) is 6.67. The standard InChI is InChI=1S/C29H35N3O5/c1-19(17-32-11-13-34-14-12-32)37-25-10-9-23(21-7-5-6-8-22(21)25)30-28(33)31-24-15-20(29(2,3)4)16-26-27(24)36-18-35-26/h5-10,15-16,19H,11-14,17-18H2,1-4H3,(H2,30,31,33). The average Bonchev–Trinajstić information content (AvgIpc) is 3.35. The molecule has 5 rings (SSSR count). The van der Waals surface area contributed by atoms with Crippen LogP contribution in [-0.4, -0.2) is 56.7 Å². The van der Waals surface area contributed by atoms with Gasteiger partial charge in [0.25, 0.3) is 0 Å². The Balaban J connectivity index is 1.33. The summed E-state index contributed by atoms with van der Waals surface area (Å²) in [5.74, 6) is 1.98. The van der Waals surface area contributed by atoms with Gasteiger partial charge in [-0.05, 0) is 42.2 Å². The molecule has 196 valence electrons. The topological polar surface area (TPSA) is 81.3 Å². The lowest BCUT2D eigenvalue weighted by Crippen LogP contribution is -2.41. The summed E-state index contributed by atoms with van der Waals surface area (Å²) in [5, 5.41) is 7.81. The molecule has 1 fully saturated rings. The maximum absolute atomic E-state index is 13.1. The van der Waals surface area contributed by atoms with E-state index < -0.39 is 0 Å². The van der Waals surface area contributed by atoms with Gasteiger partial charge in [0.05, 0.1) is 24.6 Å². The van der Waals surface area contributed by atoms with Gasteiger partial charge in [0, 0.05) is 30.4 Å². The molecule has 3 aromatic rings. The second-order valence-electron chi connectivity index (χ2n) is 10.6. The van der Waals surface area contributed by atoms with Crippen molar-refractivity contribution >= 4 is 28.2 Å². The number of amides is 2. The first-order valence-corrected chi connectivity index (χ1v) is 12.8. The smallest absolute Gasteiger partial charge is 0.323 e. The largest absolute Gasteiger partial charge is 0.489 e. The molecule has 3 aromatic carbocycles. The van der Waals surface area contributed by atoms with Crippen LogP contribution in [0.5, 0.6) is 17.2 Å². The number of urea groups is 1. The van der Waals surface area contributed by atoms with E-state index in [2.05, 4.69) is 43.2 Å². The molecule has 0 spiro atoms. The Kier molecular flexibility index (Phi) is 7.13. The van der Waals surface area contributed by atoms with Crippen LogP contribution < -0.4 is 24.8 Å². The predicted molar refractivity (Wildman–Crippen MR) is 145 cm³/mol. The lowest BCUT2D eigenvalue weighted by molar-refractivity contribution is 0.0220. The van der Waals surface area contributed by atoms with Crippen LogP contribution in [0, 0.1) is 0 Å². The molecule has 2 N–H and O–H groups in total. The van der Waals surface area contributed by atoms with Crippen molar-refractivity contribution < 1.29 is 23.7 Å². The van der Waals surface area contributed by atoms with E-state index in [0.29, 0.717) is 22.9 Å². The van der Waals surface area contributed by atoms with E-state index in [1.165, 1.54) is 0 Å². The SMILES string of the molecule is CC(CN1CCOCC1)Oc1ccc(NC(=O)Nc2cc(C(C)(C)C)cc3c2OCO3)c2ccccc12. The van der Waals surface area contributed by atoms with Crippen LogP contribution in [0.15, 0.2) is 48.5 Å². The molecular formula is C29H35N3O5. The number of benzene rings is 3. The second-order valence-corrected chi connectivity index (χ2v) is 10.6. The van der Waals surface area contributed by atoms with Crippen molar-refractivity contribution in [2.75, 3.05) is 50.3 Å². The van der Waals surface area contributed by atoms with Crippen LogP contribution in [0.2, 0.25) is 0 Å². The summed E-state index contributed by atoms with van der Waals surface area (Å²) in [6.07, 6.45) is 0.0167. The summed E-state index contributed by atoms with van der Waals surface area (Å²) in [7, 11) is 0. The van der Waals surface area contributed by atoms with Gasteiger partial charge < -0.3 is 29.6 Å². The maximum atomic E-state index is 13.1. The minimum absolute atomic E-state index is 0.0167. The number of ether oxygens (including phenoxy) is 4. The zero-order chi connectivity index (χ0) is 26.0. The first kappa shape index (κ1) is 25.2. The Morgan fingerprint density at radius 2 is 1.73 bits per heavy atom. The van der Waals surface area contributed by atoms with Crippen LogP contribution in [0.1, 0.15) is 33.3 Å². The number of anilines is 2. The molecule has 0 radical (unpaired) electrons. The number of carbonyl (C=O) groups excluding carboxylic acids is 1.